The average molecular weight is 296 g/mol. The van der Waals surface area contributed by atoms with Crippen molar-refractivity contribution >= 4 is 0 Å². The molecule has 124 valence electrons. The second-order valence-electron chi connectivity index (χ2n) is 8.71. The van der Waals surface area contributed by atoms with Crippen LogP contribution in [0.1, 0.15) is 60.8 Å². The van der Waals surface area contributed by atoms with Crippen LogP contribution in [0, 0.1) is 11.3 Å². The summed E-state index contributed by atoms with van der Waals surface area (Å²) < 4.78 is 6.08. The normalized spacial score (nSPS) is 35.6. The SMILES string of the molecule is CC(C)CC1CNC(C(C)(C)C)CN1CC1CCC(C)O1. The number of piperazine rings is 1. The molecule has 2 aliphatic heterocycles. The van der Waals surface area contributed by atoms with Gasteiger partial charge in [0.1, 0.15) is 0 Å². The van der Waals surface area contributed by atoms with Crippen molar-refractivity contribution in [1.82, 2.24) is 10.2 Å². The molecule has 0 aromatic carbocycles. The van der Waals surface area contributed by atoms with Crippen LogP contribution in [0.25, 0.3) is 0 Å². The van der Waals surface area contributed by atoms with Crippen LogP contribution in [0.5, 0.6) is 0 Å². The third-order valence-corrected chi connectivity index (χ3v) is 5.08. The zero-order valence-corrected chi connectivity index (χ0v) is 15.0. The van der Waals surface area contributed by atoms with Crippen LogP contribution >= 0.6 is 0 Å². The Kier molecular flexibility index (Phi) is 5.72. The molecule has 0 aromatic heterocycles. The number of ether oxygens (including phenoxy) is 1. The molecule has 2 saturated heterocycles. The summed E-state index contributed by atoms with van der Waals surface area (Å²) in [6, 6.07) is 1.25. The summed E-state index contributed by atoms with van der Waals surface area (Å²) in [6.45, 7) is 17.3. The van der Waals surface area contributed by atoms with Gasteiger partial charge in [-0.25, -0.2) is 0 Å². The number of rotatable bonds is 4. The van der Waals surface area contributed by atoms with E-state index in [1.807, 2.05) is 0 Å². The average Bonchev–Trinajstić information content (AvgIpc) is 2.75. The summed E-state index contributed by atoms with van der Waals surface area (Å²) in [5.41, 5.74) is 0.324. The smallest absolute Gasteiger partial charge is 0.0706 e. The first-order valence-corrected chi connectivity index (χ1v) is 8.88. The van der Waals surface area contributed by atoms with E-state index in [1.165, 1.54) is 19.3 Å². The Labute approximate surface area is 131 Å². The third kappa shape index (κ3) is 4.94. The summed E-state index contributed by atoms with van der Waals surface area (Å²) in [6.07, 6.45) is 4.66. The molecule has 2 aliphatic rings. The van der Waals surface area contributed by atoms with Crippen molar-refractivity contribution in [3.63, 3.8) is 0 Å². The zero-order valence-electron chi connectivity index (χ0n) is 15.0. The van der Waals surface area contributed by atoms with Gasteiger partial charge in [0.2, 0.25) is 0 Å². The van der Waals surface area contributed by atoms with Gasteiger partial charge in [0, 0.05) is 31.7 Å². The van der Waals surface area contributed by atoms with Crippen molar-refractivity contribution in [3.8, 4) is 0 Å². The zero-order chi connectivity index (χ0) is 15.6. The van der Waals surface area contributed by atoms with E-state index < -0.39 is 0 Å². The number of nitrogens with one attached hydrogen (secondary N) is 1. The largest absolute Gasteiger partial charge is 0.374 e. The molecule has 4 unspecified atom stereocenters. The molecule has 3 heteroatoms. The molecule has 2 fully saturated rings. The molecule has 21 heavy (non-hydrogen) atoms. The third-order valence-electron chi connectivity index (χ3n) is 5.08. The van der Waals surface area contributed by atoms with Gasteiger partial charge < -0.3 is 10.1 Å². The van der Waals surface area contributed by atoms with E-state index in [-0.39, 0.29) is 0 Å². The fourth-order valence-corrected chi connectivity index (χ4v) is 3.72. The Balaban J connectivity index is 1.98. The maximum atomic E-state index is 6.08. The maximum Gasteiger partial charge on any atom is 0.0706 e. The molecule has 0 aromatic rings. The highest BCUT2D eigenvalue weighted by molar-refractivity contribution is 4.93. The van der Waals surface area contributed by atoms with E-state index in [0.717, 1.165) is 25.6 Å². The Morgan fingerprint density at radius 2 is 1.95 bits per heavy atom. The van der Waals surface area contributed by atoms with Gasteiger partial charge in [0.15, 0.2) is 0 Å². The van der Waals surface area contributed by atoms with Crippen LogP contribution in [-0.2, 0) is 4.74 Å². The summed E-state index contributed by atoms with van der Waals surface area (Å²) in [7, 11) is 0. The van der Waals surface area contributed by atoms with Crippen LogP contribution in [0.2, 0.25) is 0 Å². The summed E-state index contributed by atoms with van der Waals surface area (Å²) in [5.74, 6) is 0.758. The lowest BCUT2D eigenvalue weighted by Gasteiger charge is -2.46. The lowest BCUT2D eigenvalue weighted by atomic mass is 9.84. The van der Waals surface area contributed by atoms with E-state index in [1.54, 1.807) is 0 Å². The monoisotopic (exact) mass is 296 g/mol. The predicted octanol–water partition coefficient (Wildman–Crippen LogP) is 3.29. The second kappa shape index (κ2) is 6.97. The highest BCUT2D eigenvalue weighted by Gasteiger charge is 2.36. The van der Waals surface area contributed by atoms with E-state index in [9.17, 15) is 0 Å². The van der Waals surface area contributed by atoms with Gasteiger partial charge in [-0.05, 0) is 37.5 Å². The Hall–Kier alpha value is -0.120. The fourth-order valence-electron chi connectivity index (χ4n) is 3.72. The highest BCUT2D eigenvalue weighted by Crippen LogP contribution is 2.27. The van der Waals surface area contributed by atoms with Crippen LogP contribution < -0.4 is 5.32 Å². The minimum Gasteiger partial charge on any atom is -0.374 e. The summed E-state index contributed by atoms with van der Waals surface area (Å²) >= 11 is 0. The molecule has 2 heterocycles. The molecular weight excluding hydrogens is 260 g/mol. The molecule has 1 N–H and O–H groups in total. The van der Waals surface area contributed by atoms with E-state index in [2.05, 4.69) is 51.8 Å². The number of hydrogen-bond donors (Lipinski definition) is 1. The fraction of sp³-hybridized carbons (Fsp3) is 1.00. The van der Waals surface area contributed by atoms with E-state index in [0.29, 0.717) is 29.7 Å². The second-order valence-corrected chi connectivity index (χ2v) is 8.71. The molecule has 0 aliphatic carbocycles. The van der Waals surface area contributed by atoms with Crippen molar-refractivity contribution in [1.29, 1.82) is 0 Å². The standard InChI is InChI=1S/C18H36N2O/c1-13(2)9-15-10-19-17(18(4,5)6)12-20(15)11-16-8-7-14(3)21-16/h13-17,19H,7-12H2,1-6H3. The summed E-state index contributed by atoms with van der Waals surface area (Å²) in [4.78, 5) is 2.72. The van der Waals surface area contributed by atoms with Gasteiger partial charge in [0.05, 0.1) is 12.2 Å². The minimum atomic E-state index is 0.324. The van der Waals surface area contributed by atoms with Crippen LogP contribution in [0.4, 0.5) is 0 Å². The van der Waals surface area contributed by atoms with E-state index in [4.69, 9.17) is 4.74 Å². The Morgan fingerprint density at radius 3 is 2.48 bits per heavy atom. The van der Waals surface area contributed by atoms with Crippen molar-refractivity contribution in [2.24, 2.45) is 11.3 Å². The first-order chi connectivity index (χ1) is 9.75. The topological polar surface area (TPSA) is 24.5 Å². The minimum absolute atomic E-state index is 0.324. The number of hydrogen-bond acceptors (Lipinski definition) is 3. The predicted molar refractivity (Wildman–Crippen MR) is 89.6 cm³/mol. The Bertz CT molecular complexity index is 324. The quantitative estimate of drug-likeness (QED) is 0.861. The van der Waals surface area contributed by atoms with Crippen molar-refractivity contribution in [2.45, 2.75) is 85.1 Å². The lowest BCUT2D eigenvalue weighted by Crippen LogP contribution is -2.61. The van der Waals surface area contributed by atoms with Gasteiger partial charge in [-0.15, -0.1) is 0 Å². The maximum absolute atomic E-state index is 6.08. The van der Waals surface area contributed by atoms with Crippen molar-refractivity contribution < 1.29 is 4.74 Å². The van der Waals surface area contributed by atoms with E-state index >= 15 is 0 Å². The van der Waals surface area contributed by atoms with Crippen LogP contribution in [-0.4, -0.2) is 48.8 Å². The molecule has 0 bridgehead atoms. The molecule has 0 radical (unpaired) electrons. The molecule has 3 nitrogen and oxygen atoms in total. The first-order valence-electron chi connectivity index (χ1n) is 8.88. The first kappa shape index (κ1) is 17.2. The molecule has 0 saturated carbocycles. The summed E-state index contributed by atoms with van der Waals surface area (Å²) in [5, 5.41) is 3.80. The molecule has 0 spiro atoms. The van der Waals surface area contributed by atoms with Gasteiger partial charge >= 0.3 is 0 Å². The van der Waals surface area contributed by atoms with Crippen molar-refractivity contribution in [2.75, 3.05) is 19.6 Å². The van der Waals surface area contributed by atoms with Gasteiger partial charge in [-0.3, -0.25) is 4.90 Å². The van der Waals surface area contributed by atoms with Crippen LogP contribution in [0.3, 0.4) is 0 Å². The molecule has 2 rings (SSSR count). The van der Waals surface area contributed by atoms with Gasteiger partial charge in [-0.2, -0.15) is 0 Å². The van der Waals surface area contributed by atoms with Crippen LogP contribution in [0.15, 0.2) is 0 Å². The highest BCUT2D eigenvalue weighted by atomic mass is 16.5. The van der Waals surface area contributed by atoms with Gasteiger partial charge in [0.25, 0.3) is 0 Å². The molecule has 0 amide bonds. The Morgan fingerprint density at radius 1 is 1.24 bits per heavy atom. The lowest BCUT2D eigenvalue weighted by molar-refractivity contribution is -0.00143. The molecular formula is C18H36N2O. The van der Waals surface area contributed by atoms with Gasteiger partial charge in [-0.1, -0.05) is 34.6 Å². The molecule has 4 atom stereocenters. The number of nitrogens with zero attached hydrogens (tertiary/aromatic N) is 1. The van der Waals surface area contributed by atoms with Crippen molar-refractivity contribution in [3.05, 3.63) is 0 Å².